The van der Waals surface area contributed by atoms with Gasteiger partial charge in [0.15, 0.2) is 0 Å². The SMILES string of the molecule is CSc1ccccc1C(=O)N1CCC(c2cc(=O)[nH]c(C)n2)CC1. The van der Waals surface area contributed by atoms with Crippen LogP contribution >= 0.6 is 11.8 Å². The van der Waals surface area contributed by atoms with Crippen LogP contribution in [0.2, 0.25) is 0 Å². The number of benzene rings is 1. The molecule has 0 bridgehead atoms. The van der Waals surface area contributed by atoms with Gasteiger partial charge in [0.2, 0.25) is 0 Å². The summed E-state index contributed by atoms with van der Waals surface area (Å²) in [4.78, 5) is 34.4. The number of amides is 1. The van der Waals surface area contributed by atoms with Crippen LogP contribution in [0.4, 0.5) is 0 Å². The van der Waals surface area contributed by atoms with Crippen molar-refractivity contribution < 1.29 is 4.79 Å². The summed E-state index contributed by atoms with van der Waals surface area (Å²) in [6.07, 6.45) is 3.66. The zero-order chi connectivity index (χ0) is 17.1. The van der Waals surface area contributed by atoms with Gasteiger partial charge in [0, 0.05) is 30.0 Å². The molecule has 1 saturated heterocycles. The summed E-state index contributed by atoms with van der Waals surface area (Å²) in [5.74, 6) is 0.976. The van der Waals surface area contributed by atoms with Crippen molar-refractivity contribution in [2.75, 3.05) is 19.3 Å². The van der Waals surface area contributed by atoms with Gasteiger partial charge in [0.05, 0.1) is 11.3 Å². The number of nitrogens with one attached hydrogen (secondary N) is 1. The van der Waals surface area contributed by atoms with Crippen molar-refractivity contribution in [2.24, 2.45) is 0 Å². The number of hydrogen-bond acceptors (Lipinski definition) is 4. The number of aromatic amines is 1. The molecule has 2 heterocycles. The van der Waals surface area contributed by atoms with Gasteiger partial charge in [-0.25, -0.2) is 4.98 Å². The third-order valence-electron chi connectivity index (χ3n) is 4.42. The fraction of sp³-hybridized carbons (Fsp3) is 0.389. The molecule has 2 aromatic rings. The minimum Gasteiger partial charge on any atom is -0.339 e. The van der Waals surface area contributed by atoms with Crippen LogP contribution in [0.15, 0.2) is 40.0 Å². The molecule has 1 aliphatic heterocycles. The Morgan fingerprint density at radius 1 is 1.29 bits per heavy atom. The molecule has 1 amide bonds. The van der Waals surface area contributed by atoms with Crippen molar-refractivity contribution >= 4 is 17.7 Å². The van der Waals surface area contributed by atoms with E-state index in [1.807, 2.05) is 35.4 Å². The second-order valence-corrected chi connectivity index (χ2v) is 6.87. The average molecular weight is 343 g/mol. The van der Waals surface area contributed by atoms with Crippen molar-refractivity contribution in [3.05, 3.63) is 57.8 Å². The maximum atomic E-state index is 12.8. The van der Waals surface area contributed by atoms with Gasteiger partial charge < -0.3 is 9.88 Å². The van der Waals surface area contributed by atoms with Crippen LogP contribution in [0, 0.1) is 6.92 Å². The highest BCUT2D eigenvalue weighted by Crippen LogP contribution is 2.28. The zero-order valence-corrected chi connectivity index (χ0v) is 14.7. The van der Waals surface area contributed by atoms with Crippen LogP contribution in [0.5, 0.6) is 0 Å². The first-order valence-corrected chi connectivity index (χ1v) is 9.31. The van der Waals surface area contributed by atoms with Gasteiger partial charge in [0.25, 0.3) is 11.5 Å². The first-order chi connectivity index (χ1) is 11.6. The Labute approximate surface area is 145 Å². The number of likely N-dealkylation sites (tertiary alicyclic amines) is 1. The van der Waals surface area contributed by atoms with Crippen LogP contribution in [0.25, 0.3) is 0 Å². The molecule has 5 nitrogen and oxygen atoms in total. The van der Waals surface area contributed by atoms with Crippen molar-refractivity contribution in [1.29, 1.82) is 0 Å². The van der Waals surface area contributed by atoms with Crippen molar-refractivity contribution in [2.45, 2.75) is 30.6 Å². The lowest BCUT2D eigenvalue weighted by Crippen LogP contribution is -2.38. The second kappa shape index (κ2) is 7.21. The van der Waals surface area contributed by atoms with Crippen molar-refractivity contribution in [3.8, 4) is 0 Å². The lowest BCUT2D eigenvalue weighted by Gasteiger charge is -2.32. The molecular formula is C18H21N3O2S. The molecular weight excluding hydrogens is 322 g/mol. The Hall–Kier alpha value is -2.08. The van der Waals surface area contributed by atoms with Gasteiger partial charge in [-0.05, 0) is 38.2 Å². The zero-order valence-electron chi connectivity index (χ0n) is 13.9. The molecule has 126 valence electrons. The van der Waals surface area contributed by atoms with E-state index in [0.717, 1.165) is 29.0 Å². The number of carbonyl (C=O) groups excluding carboxylic acids is 1. The van der Waals surface area contributed by atoms with E-state index in [1.54, 1.807) is 24.8 Å². The first kappa shape index (κ1) is 16.8. The quantitative estimate of drug-likeness (QED) is 0.870. The third kappa shape index (κ3) is 3.53. The lowest BCUT2D eigenvalue weighted by molar-refractivity contribution is 0.0708. The number of H-pyrrole nitrogens is 1. The maximum absolute atomic E-state index is 12.8. The molecule has 1 N–H and O–H groups in total. The summed E-state index contributed by atoms with van der Waals surface area (Å²) in [6, 6.07) is 9.31. The van der Waals surface area contributed by atoms with E-state index in [2.05, 4.69) is 9.97 Å². The predicted molar refractivity (Wildman–Crippen MR) is 95.7 cm³/mol. The summed E-state index contributed by atoms with van der Waals surface area (Å²) < 4.78 is 0. The Morgan fingerprint density at radius 2 is 2.00 bits per heavy atom. The van der Waals surface area contributed by atoms with Crippen LogP contribution in [0.3, 0.4) is 0 Å². The molecule has 0 atom stereocenters. The lowest BCUT2D eigenvalue weighted by atomic mass is 9.93. The molecule has 0 aliphatic carbocycles. The van der Waals surface area contributed by atoms with Gasteiger partial charge in [-0.3, -0.25) is 9.59 Å². The summed E-state index contributed by atoms with van der Waals surface area (Å²) >= 11 is 1.59. The van der Waals surface area contributed by atoms with Crippen LogP contribution in [0.1, 0.15) is 40.6 Å². The van der Waals surface area contributed by atoms with Gasteiger partial charge in [0.1, 0.15) is 5.82 Å². The Bertz CT molecular complexity index is 795. The monoisotopic (exact) mass is 343 g/mol. The molecule has 3 rings (SSSR count). The number of aromatic nitrogens is 2. The fourth-order valence-corrected chi connectivity index (χ4v) is 3.77. The fourth-order valence-electron chi connectivity index (χ4n) is 3.18. The molecule has 0 spiro atoms. The highest BCUT2D eigenvalue weighted by molar-refractivity contribution is 7.98. The molecule has 0 saturated carbocycles. The Kier molecular flexibility index (Phi) is 5.04. The number of piperidine rings is 1. The second-order valence-electron chi connectivity index (χ2n) is 6.02. The first-order valence-electron chi connectivity index (χ1n) is 8.08. The predicted octanol–water partition coefficient (Wildman–Crippen LogP) is 2.82. The number of aryl methyl sites for hydroxylation is 1. The largest absolute Gasteiger partial charge is 0.339 e. The van der Waals surface area contributed by atoms with E-state index >= 15 is 0 Å². The highest BCUT2D eigenvalue weighted by atomic mass is 32.2. The molecule has 6 heteroatoms. The van der Waals surface area contributed by atoms with E-state index in [4.69, 9.17) is 0 Å². The molecule has 1 aromatic carbocycles. The third-order valence-corrected chi connectivity index (χ3v) is 5.21. The minimum absolute atomic E-state index is 0.0912. The molecule has 1 fully saturated rings. The summed E-state index contributed by atoms with van der Waals surface area (Å²) in [5, 5.41) is 0. The topological polar surface area (TPSA) is 66.1 Å². The molecule has 24 heavy (non-hydrogen) atoms. The molecule has 0 radical (unpaired) electrons. The molecule has 1 aromatic heterocycles. The van der Waals surface area contributed by atoms with E-state index in [-0.39, 0.29) is 17.4 Å². The van der Waals surface area contributed by atoms with Crippen molar-refractivity contribution in [3.63, 3.8) is 0 Å². The summed E-state index contributed by atoms with van der Waals surface area (Å²) in [6.45, 7) is 3.18. The molecule has 0 unspecified atom stereocenters. The maximum Gasteiger partial charge on any atom is 0.254 e. The van der Waals surface area contributed by atoms with Crippen LogP contribution < -0.4 is 5.56 Å². The van der Waals surface area contributed by atoms with Gasteiger partial charge in [-0.15, -0.1) is 11.8 Å². The Balaban J connectivity index is 1.70. The van der Waals surface area contributed by atoms with Gasteiger partial charge in [-0.1, -0.05) is 12.1 Å². The normalized spacial score (nSPS) is 15.5. The standard InChI is InChI=1S/C18H21N3O2S/c1-12-19-15(11-17(22)20-12)13-7-9-21(10-8-13)18(23)14-5-3-4-6-16(14)24-2/h3-6,11,13H,7-10H2,1-2H3,(H,19,20,22). The molecule has 1 aliphatic rings. The van der Waals surface area contributed by atoms with Gasteiger partial charge >= 0.3 is 0 Å². The summed E-state index contributed by atoms with van der Waals surface area (Å²) in [5.41, 5.74) is 1.51. The number of hydrogen-bond donors (Lipinski definition) is 1. The average Bonchev–Trinajstić information content (AvgIpc) is 2.60. The van der Waals surface area contributed by atoms with Crippen LogP contribution in [-0.2, 0) is 0 Å². The minimum atomic E-state index is -0.107. The number of carbonyl (C=O) groups is 1. The van der Waals surface area contributed by atoms with E-state index in [1.165, 1.54) is 0 Å². The van der Waals surface area contributed by atoms with Crippen LogP contribution in [-0.4, -0.2) is 40.1 Å². The highest BCUT2D eigenvalue weighted by Gasteiger charge is 2.26. The smallest absolute Gasteiger partial charge is 0.254 e. The summed E-state index contributed by atoms with van der Waals surface area (Å²) in [7, 11) is 0. The Morgan fingerprint density at radius 3 is 2.67 bits per heavy atom. The van der Waals surface area contributed by atoms with Gasteiger partial charge in [-0.2, -0.15) is 0 Å². The van der Waals surface area contributed by atoms with E-state index in [9.17, 15) is 9.59 Å². The number of nitrogens with zero attached hydrogens (tertiary/aromatic N) is 2. The van der Waals surface area contributed by atoms with E-state index < -0.39 is 0 Å². The van der Waals surface area contributed by atoms with Crippen molar-refractivity contribution in [1.82, 2.24) is 14.9 Å². The van der Waals surface area contributed by atoms with E-state index in [0.29, 0.717) is 18.9 Å². The number of thioether (sulfide) groups is 1. The number of rotatable bonds is 3.